The van der Waals surface area contributed by atoms with Gasteiger partial charge in [0.1, 0.15) is 0 Å². The van der Waals surface area contributed by atoms with Gasteiger partial charge in [-0.3, -0.25) is 9.59 Å². The molecule has 0 bridgehead atoms. The molecule has 0 saturated carbocycles. The van der Waals surface area contributed by atoms with Crippen molar-refractivity contribution < 1.29 is 14.4 Å². The third-order valence-corrected chi connectivity index (χ3v) is 5.41. The van der Waals surface area contributed by atoms with E-state index in [0.29, 0.717) is 31.6 Å². The Bertz CT molecular complexity index is 939. The van der Waals surface area contributed by atoms with Crippen LogP contribution in [0.5, 0.6) is 0 Å². The van der Waals surface area contributed by atoms with E-state index >= 15 is 0 Å². The van der Waals surface area contributed by atoms with E-state index in [0.717, 1.165) is 30.0 Å². The van der Waals surface area contributed by atoms with E-state index in [1.165, 1.54) is 0 Å². The van der Waals surface area contributed by atoms with Gasteiger partial charge in [-0.05, 0) is 42.3 Å². The zero-order valence-corrected chi connectivity index (χ0v) is 16.7. The number of hydrogen-bond acceptors (Lipinski definition) is 4. The lowest BCUT2D eigenvalue weighted by atomic mass is 10.0. The van der Waals surface area contributed by atoms with Crippen molar-refractivity contribution in [3.05, 3.63) is 54.1 Å². The van der Waals surface area contributed by atoms with Crippen LogP contribution in [-0.4, -0.2) is 55.5 Å². The Morgan fingerprint density at radius 3 is 2.50 bits per heavy atom. The normalized spacial score (nSPS) is 15.8. The summed E-state index contributed by atoms with van der Waals surface area (Å²) >= 11 is 0. The van der Waals surface area contributed by atoms with Crippen molar-refractivity contribution in [3.63, 3.8) is 0 Å². The summed E-state index contributed by atoms with van der Waals surface area (Å²) in [7, 11) is 0. The van der Waals surface area contributed by atoms with Crippen molar-refractivity contribution in [2.24, 2.45) is 0 Å². The maximum absolute atomic E-state index is 12.4. The third kappa shape index (κ3) is 4.71. The molecule has 0 aliphatic carbocycles. The molecule has 0 radical (unpaired) electrons. The monoisotopic (exact) mass is 407 g/mol. The van der Waals surface area contributed by atoms with E-state index in [9.17, 15) is 14.4 Å². The first-order valence-electron chi connectivity index (χ1n) is 10.1. The average molecular weight is 407 g/mol. The highest BCUT2D eigenvalue weighted by atomic mass is 16.2. The SMILES string of the molecule is O=C1CCc2cc(NC(=O)NCC(=O)N3CCN(c4ccccc4)CC3)ccc2N1. The maximum atomic E-state index is 12.4. The number of rotatable bonds is 4. The van der Waals surface area contributed by atoms with Gasteiger partial charge in [-0.2, -0.15) is 0 Å². The number of anilines is 3. The van der Waals surface area contributed by atoms with Gasteiger partial charge in [-0.1, -0.05) is 18.2 Å². The van der Waals surface area contributed by atoms with Crippen LogP contribution in [0.4, 0.5) is 21.9 Å². The van der Waals surface area contributed by atoms with E-state index in [1.54, 1.807) is 17.0 Å². The van der Waals surface area contributed by atoms with Crippen molar-refractivity contribution >= 4 is 34.9 Å². The minimum atomic E-state index is -0.425. The van der Waals surface area contributed by atoms with Gasteiger partial charge in [0.25, 0.3) is 0 Å². The first kappa shape index (κ1) is 19.8. The Labute approximate surface area is 175 Å². The number of fused-ring (bicyclic) bond motifs is 1. The highest BCUT2D eigenvalue weighted by Crippen LogP contribution is 2.25. The zero-order valence-electron chi connectivity index (χ0n) is 16.7. The number of nitrogens with zero attached hydrogens (tertiary/aromatic N) is 2. The summed E-state index contributed by atoms with van der Waals surface area (Å²) in [4.78, 5) is 40.1. The molecule has 1 saturated heterocycles. The summed E-state index contributed by atoms with van der Waals surface area (Å²) in [5, 5.41) is 8.19. The number of hydrogen-bond donors (Lipinski definition) is 3. The highest BCUT2D eigenvalue weighted by molar-refractivity contribution is 5.96. The Balaban J connectivity index is 1.22. The molecular weight excluding hydrogens is 382 g/mol. The Hall–Kier alpha value is -3.55. The predicted molar refractivity (Wildman–Crippen MR) is 116 cm³/mol. The summed E-state index contributed by atoms with van der Waals surface area (Å²) in [6.07, 6.45) is 1.08. The van der Waals surface area contributed by atoms with E-state index in [4.69, 9.17) is 0 Å². The minimum absolute atomic E-state index is 0.00377. The Morgan fingerprint density at radius 2 is 1.73 bits per heavy atom. The molecule has 156 valence electrons. The van der Waals surface area contributed by atoms with Crippen LogP contribution in [0.3, 0.4) is 0 Å². The number of carbonyl (C=O) groups excluding carboxylic acids is 3. The molecule has 0 unspecified atom stereocenters. The Kier molecular flexibility index (Phi) is 5.83. The van der Waals surface area contributed by atoms with Gasteiger partial charge < -0.3 is 25.8 Å². The largest absolute Gasteiger partial charge is 0.368 e. The molecule has 0 spiro atoms. The number of para-hydroxylation sites is 1. The molecule has 2 aromatic rings. The van der Waals surface area contributed by atoms with Gasteiger partial charge in [-0.25, -0.2) is 4.79 Å². The van der Waals surface area contributed by atoms with Crippen LogP contribution >= 0.6 is 0 Å². The number of piperazine rings is 1. The molecule has 8 heteroatoms. The summed E-state index contributed by atoms with van der Waals surface area (Å²) in [6, 6.07) is 15.1. The highest BCUT2D eigenvalue weighted by Gasteiger charge is 2.21. The molecule has 8 nitrogen and oxygen atoms in total. The topological polar surface area (TPSA) is 93.8 Å². The fourth-order valence-corrected chi connectivity index (χ4v) is 3.76. The number of urea groups is 1. The van der Waals surface area contributed by atoms with Gasteiger partial charge in [0.2, 0.25) is 11.8 Å². The van der Waals surface area contributed by atoms with Crippen molar-refractivity contribution in [1.82, 2.24) is 10.2 Å². The minimum Gasteiger partial charge on any atom is -0.368 e. The number of benzene rings is 2. The second-order valence-electron chi connectivity index (χ2n) is 7.43. The van der Waals surface area contributed by atoms with Crippen LogP contribution in [0, 0.1) is 0 Å². The Morgan fingerprint density at radius 1 is 0.967 bits per heavy atom. The molecule has 2 heterocycles. The molecule has 1 fully saturated rings. The predicted octanol–water partition coefficient (Wildman–Crippen LogP) is 2.04. The van der Waals surface area contributed by atoms with Crippen LogP contribution in [-0.2, 0) is 16.0 Å². The van der Waals surface area contributed by atoms with Gasteiger partial charge in [0, 0.05) is 49.7 Å². The number of nitrogens with one attached hydrogen (secondary N) is 3. The molecule has 4 rings (SSSR count). The second kappa shape index (κ2) is 8.86. The van der Waals surface area contributed by atoms with Crippen LogP contribution in [0.15, 0.2) is 48.5 Å². The number of aryl methyl sites for hydroxylation is 1. The number of carbonyl (C=O) groups is 3. The molecule has 0 aromatic heterocycles. The molecule has 2 aliphatic heterocycles. The molecule has 4 amide bonds. The fraction of sp³-hybridized carbons (Fsp3) is 0.318. The third-order valence-electron chi connectivity index (χ3n) is 5.41. The van der Waals surface area contributed by atoms with Crippen molar-refractivity contribution in [2.75, 3.05) is 48.3 Å². The summed E-state index contributed by atoms with van der Waals surface area (Å²) in [5.41, 5.74) is 3.56. The van der Waals surface area contributed by atoms with Crippen LogP contribution in [0.2, 0.25) is 0 Å². The van der Waals surface area contributed by atoms with Crippen molar-refractivity contribution in [2.45, 2.75) is 12.8 Å². The standard InChI is InChI=1S/C22H25N5O3/c28-20-9-6-16-14-17(7-8-19(16)25-20)24-22(30)23-15-21(29)27-12-10-26(11-13-27)18-4-2-1-3-5-18/h1-5,7-8,14H,6,9-13,15H2,(H,25,28)(H2,23,24,30). The lowest BCUT2D eigenvalue weighted by Gasteiger charge is -2.36. The van der Waals surface area contributed by atoms with Gasteiger partial charge in [-0.15, -0.1) is 0 Å². The van der Waals surface area contributed by atoms with Crippen LogP contribution < -0.4 is 20.9 Å². The summed E-state index contributed by atoms with van der Waals surface area (Å²) < 4.78 is 0. The van der Waals surface area contributed by atoms with E-state index in [-0.39, 0.29) is 18.4 Å². The van der Waals surface area contributed by atoms with E-state index in [2.05, 4.69) is 33.0 Å². The lowest BCUT2D eigenvalue weighted by Crippen LogP contribution is -2.51. The van der Waals surface area contributed by atoms with Crippen molar-refractivity contribution in [1.29, 1.82) is 0 Å². The average Bonchev–Trinajstić information content (AvgIpc) is 2.78. The summed E-state index contributed by atoms with van der Waals surface area (Å²) in [5.74, 6) is -0.0879. The maximum Gasteiger partial charge on any atom is 0.319 e. The smallest absolute Gasteiger partial charge is 0.319 e. The zero-order chi connectivity index (χ0) is 20.9. The fourth-order valence-electron chi connectivity index (χ4n) is 3.76. The summed E-state index contributed by atoms with van der Waals surface area (Å²) in [6.45, 7) is 2.76. The van der Waals surface area contributed by atoms with Gasteiger partial charge >= 0.3 is 6.03 Å². The van der Waals surface area contributed by atoms with Crippen LogP contribution in [0.1, 0.15) is 12.0 Å². The molecule has 3 N–H and O–H groups in total. The molecule has 30 heavy (non-hydrogen) atoms. The van der Waals surface area contributed by atoms with Gasteiger partial charge in [0.15, 0.2) is 0 Å². The van der Waals surface area contributed by atoms with E-state index in [1.807, 2.05) is 24.3 Å². The van der Waals surface area contributed by atoms with E-state index < -0.39 is 6.03 Å². The first-order valence-corrected chi connectivity index (χ1v) is 10.1. The molecule has 2 aromatic carbocycles. The first-order chi connectivity index (χ1) is 14.6. The second-order valence-corrected chi connectivity index (χ2v) is 7.43. The molecule has 2 aliphatic rings. The lowest BCUT2D eigenvalue weighted by molar-refractivity contribution is -0.130. The van der Waals surface area contributed by atoms with Crippen molar-refractivity contribution in [3.8, 4) is 0 Å². The molecular formula is C22H25N5O3. The quantitative estimate of drug-likeness (QED) is 0.723. The van der Waals surface area contributed by atoms with Gasteiger partial charge in [0.05, 0.1) is 6.54 Å². The number of amides is 4. The van der Waals surface area contributed by atoms with Crippen LogP contribution in [0.25, 0.3) is 0 Å². The molecule has 0 atom stereocenters.